The van der Waals surface area contributed by atoms with Crippen LogP contribution in [0.1, 0.15) is 13.2 Å². The third-order valence-corrected chi connectivity index (χ3v) is 3.28. The monoisotopic (exact) mass is 283 g/mol. The molecule has 0 radical (unpaired) electrons. The number of nitrogens with zero attached hydrogens (tertiary/aromatic N) is 2. The summed E-state index contributed by atoms with van der Waals surface area (Å²) in [7, 11) is 0. The van der Waals surface area contributed by atoms with Crippen molar-refractivity contribution in [3.63, 3.8) is 0 Å². The second-order valence-corrected chi connectivity index (χ2v) is 4.60. The predicted octanol–water partition coefficient (Wildman–Crippen LogP) is -1.62. The van der Waals surface area contributed by atoms with E-state index in [1.807, 2.05) is 0 Å². The van der Waals surface area contributed by atoms with E-state index in [-0.39, 0.29) is 5.82 Å². The Bertz CT molecular complexity index is 572. The largest absolute Gasteiger partial charge is 0.393 e. The molecule has 5 N–H and O–H groups in total. The highest BCUT2D eigenvalue weighted by molar-refractivity contribution is 5.24. The first-order valence-corrected chi connectivity index (χ1v) is 6.08. The van der Waals surface area contributed by atoms with E-state index in [1.54, 1.807) is 13.0 Å². The minimum Gasteiger partial charge on any atom is -0.393 e. The number of hydrogen-bond acceptors (Lipinski definition) is 7. The second-order valence-electron chi connectivity index (χ2n) is 4.60. The summed E-state index contributed by atoms with van der Waals surface area (Å²) in [6.07, 6.45) is 0.414. The molecule has 0 aromatic carbocycles. The van der Waals surface area contributed by atoms with Crippen molar-refractivity contribution in [1.29, 1.82) is 0 Å². The first-order valence-electron chi connectivity index (χ1n) is 6.08. The average Bonchev–Trinajstić information content (AvgIpc) is 2.65. The molecule has 8 nitrogen and oxygen atoms in total. The van der Waals surface area contributed by atoms with E-state index >= 15 is 0 Å². The summed E-state index contributed by atoms with van der Waals surface area (Å²) in [5, 5.41) is 29.6. The van der Waals surface area contributed by atoms with E-state index in [1.165, 1.54) is 18.3 Å². The number of aliphatic hydroxyl groups excluding tert-OH is 3. The van der Waals surface area contributed by atoms with Crippen molar-refractivity contribution >= 4 is 5.82 Å². The molecule has 1 aromatic rings. The quantitative estimate of drug-likeness (QED) is 0.490. The van der Waals surface area contributed by atoms with Crippen LogP contribution in [0.4, 0.5) is 5.82 Å². The molecular formula is C12H17N3O5. The second kappa shape index (κ2) is 5.33. The van der Waals surface area contributed by atoms with Gasteiger partial charge in [0.2, 0.25) is 0 Å². The smallest absolute Gasteiger partial charge is 0.351 e. The first-order chi connectivity index (χ1) is 9.45. The van der Waals surface area contributed by atoms with Crippen LogP contribution in [-0.2, 0) is 4.74 Å². The zero-order chi connectivity index (χ0) is 14.9. The lowest BCUT2D eigenvalue weighted by Crippen LogP contribution is -2.44. The van der Waals surface area contributed by atoms with Crippen LogP contribution in [0.15, 0.2) is 29.2 Å². The molecule has 0 aliphatic carbocycles. The summed E-state index contributed by atoms with van der Waals surface area (Å²) in [5.74, 6) is 0.0427. The zero-order valence-electron chi connectivity index (χ0n) is 10.9. The molecule has 1 saturated heterocycles. The van der Waals surface area contributed by atoms with Gasteiger partial charge in [-0.15, -0.1) is 0 Å². The Labute approximate surface area is 114 Å². The molecule has 0 amide bonds. The molecule has 2 heterocycles. The van der Waals surface area contributed by atoms with Gasteiger partial charge in [0, 0.05) is 6.20 Å². The maximum atomic E-state index is 11.8. The van der Waals surface area contributed by atoms with Crippen LogP contribution in [0.25, 0.3) is 0 Å². The molecule has 1 aromatic heterocycles. The first kappa shape index (κ1) is 14.7. The minimum absolute atomic E-state index is 0.0427. The summed E-state index contributed by atoms with van der Waals surface area (Å²) >= 11 is 0. The summed E-state index contributed by atoms with van der Waals surface area (Å²) in [5.41, 5.74) is 3.22. The van der Waals surface area contributed by atoms with Gasteiger partial charge in [-0.3, -0.25) is 4.57 Å². The van der Waals surface area contributed by atoms with Crippen molar-refractivity contribution in [1.82, 2.24) is 9.55 Å². The molecule has 1 aliphatic heterocycles. The van der Waals surface area contributed by atoms with Crippen LogP contribution >= 0.6 is 0 Å². The van der Waals surface area contributed by atoms with Crippen molar-refractivity contribution in [3.8, 4) is 0 Å². The van der Waals surface area contributed by atoms with Gasteiger partial charge in [-0.05, 0) is 13.0 Å². The van der Waals surface area contributed by atoms with Gasteiger partial charge >= 0.3 is 5.69 Å². The highest BCUT2D eigenvalue weighted by atomic mass is 16.6. The Balaban J connectivity index is 2.42. The highest BCUT2D eigenvalue weighted by Crippen LogP contribution is 2.37. The van der Waals surface area contributed by atoms with E-state index < -0.39 is 36.3 Å². The lowest BCUT2D eigenvalue weighted by Gasteiger charge is -2.26. The third-order valence-electron chi connectivity index (χ3n) is 3.28. The number of nitrogens with two attached hydrogens (primary N) is 1. The number of aliphatic hydroxyl groups is 3. The Morgan fingerprint density at radius 2 is 2.30 bits per heavy atom. The van der Waals surface area contributed by atoms with Gasteiger partial charge < -0.3 is 25.8 Å². The molecular weight excluding hydrogens is 266 g/mol. The standard InChI is InChI=1S/C12H17N3O5/c1-2-4-12(6-16)9(18)8(17)10(20-12)15-5-3-7(13)14-11(15)19/h2-5,8-10,16-18H,6H2,1H3,(H2,13,14,19)/b4-2+/t8?,9?,10-,12-/m1/s1. The van der Waals surface area contributed by atoms with Crippen molar-refractivity contribution in [2.24, 2.45) is 0 Å². The van der Waals surface area contributed by atoms with E-state index in [4.69, 9.17) is 10.5 Å². The number of hydrogen-bond donors (Lipinski definition) is 4. The lowest BCUT2D eigenvalue weighted by molar-refractivity contribution is -0.0995. The highest BCUT2D eigenvalue weighted by Gasteiger charge is 2.53. The molecule has 1 fully saturated rings. The minimum atomic E-state index is -1.46. The average molecular weight is 283 g/mol. The van der Waals surface area contributed by atoms with E-state index in [0.29, 0.717) is 0 Å². The molecule has 0 saturated carbocycles. The Hall–Kier alpha value is -1.74. The molecule has 8 heteroatoms. The number of anilines is 1. The van der Waals surface area contributed by atoms with E-state index in [2.05, 4.69) is 4.98 Å². The maximum absolute atomic E-state index is 11.8. The van der Waals surface area contributed by atoms with Gasteiger partial charge in [0.05, 0.1) is 6.61 Å². The molecule has 1 aliphatic rings. The van der Waals surface area contributed by atoms with Crippen molar-refractivity contribution < 1.29 is 20.1 Å². The fourth-order valence-electron chi connectivity index (χ4n) is 2.25. The molecule has 2 unspecified atom stereocenters. The van der Waals surface area contributed by atoms with Gasteiger partial charge in [-0.25, -0.2) is 4.79 Å². The van der Waals surface area contributed by atoms with E-state index in [9.17, 15) is 20.1 Å². The van der Waals surface area contributed by atoms with Crippen LogP contribution in [0.5, 0.6) is 0 Å². The van der Waals surface area contributed by atoms with Gasteiger partial charge in [-0.1, -0.05) is 12.2 Å². The molecule has 0 spiro atoms. The van der Waals surface area contributed by atoms with E-state index in [0.717, 1.165) is 4.57 Å². The lowest BCUT2D eigenvalue weighted by atomic mass is 9.95. The van der Waals surface area contributed by atoms with Crippen LogP contribution < -0.4 is 11.4 Å². The number of allylic oxidation sites excluding steroid dienone is 1. The fourth-order valence-corrected chi connectivity index (χ4v) is 2.25. The molecule has 0 bridgehead atoms. The molecule has 110 valence electrons. The summed E-state index contributed by atoms with van der Waals surface area (Å²) in [6.45, 7) is 1.15. The van der Waals surface area contributed by atoms with Gasteiger partial charge in [0.25, 0.3) is 0 Å². The van der Waals surface area contributed by atoms with Gasteiger partial charge in [-0.2, -0.15) is 4.98 Å². The fraction of sp³-hybridized carbons (Fsp3) is 0.500. The van der Waals surface area contributed by atoms with Crippen molar-refractivity contribution in [2.45, 2.75) is 31.0 Å². The number of rotatable bonds is 3. The maximum Gasteiger partial charge on any atom is 0.351 e. The molecule has 20 heavy (non-hydrogen) atoms. The molecule has 2 rings (SSSR count). The van der Waals surface area contributed by atoms with Crippen LogP contribution in [-0.4, -0.2) is 49.3 Å². The Kier molecular flexibility index (Phi) is 3.91. The Morgan fingerprint density at radius 3 is 2.85 bits per heavy atom. The zero-order valence-corrected chi connectivity index (χ0v) is 10.9. The van der Waals surface area contributed by atoms with Crippen LogP contribution in [0.2, 0.25) is 0 Å². The van der Waals surface area contributed by atoms with Crippen molar-refractivity contribution in [3.05, 3.63) is 34.9 Å². The predicted molar refractivity (Wildman–Crippen MR) is 69.7 cm³/mol. The number of nitrogen functional groups attached to an aromatic ring is 1. The van der Waals surface area contributed by atoms with Gasteiger partial charge in [0.15, 0.2) is 6.23 Å². The Morgan fingerprint density at radius 1 is 1.60 bits per heavy atom. The summed E-state index contributed by atoms with van der Waals surface area (Å²) in [6, 6.07) is 1.37. The molecule has 4 atom stereocenters. The van der Waals surface area contributed by atoms with Crippen LogP contribution in [0.3, 0.4) is 0 Å². The van der Waals surface area contributed by atoms with Crippen molar-refractivity contribution in [2.75, 3.05) is 12.3 Å². The SMILES string of the molecule is C/C=C/[C@]1(CO)O[C@@H](n2ccc(N)nc2=O)C(O)C1O. The topological polar surface area (TPSA) is 131 Å². The number of ether oxygens (including phenoxy) is 1. The van der Waals surface area contributed by atoms with Crippen LogP contribution in [0, 0.1) is 0 Å². The summed E-state index contributed by atoms with van der Waals surface area (Å²) < 4.78 is 6.53. The van der Waals surface area contributed by atoms with Gasteiger partial charge in [0.1, 0.15) is 23.6 Å². The summed E-state index contributed by atoms with van der Waals surface area (Å²) in [4.78, 5) is 15.3. The normalized spacial score (nSPS) is 33.9. The third kappa shape index (κ3) is 2.22. The number of aromatic nitrogens is 2.